The third kappa shape index (κ3) is 2.02. The molecule has 4 heteroatoms. The molecule has 0 amide bonds. The van der Waals surface area contributed by atoms with Crippen LogP contribution in [0.5, 0.6) is 0 Å². The summed E-state index contributed by atoms with van der Waals surface area (Å²) in [6.45, 7) is 3.74. The molecule has 1 unspecified atom stereocenters. The summed E-state index contributed by atoms with van der Waals surface area (Å²) < 4.78 is 7.31. The summed E-state index contributed by atoms with van der Waals surface area (Å²) in [6.07, 6.45) is 3.55. The summed E-state index contributed by atoms with van der Waals surface area (Å²) >= 11 is 0. The van der Waals surface area contributed by atoms with Gasteiger partial charge in [-0.3, -0.25) is 0 Å². The van der Waals surface area contributed by atoms with Crippen LogP contribution < -0.4 is 0 Å². The van der Waals surface area contributed by atoms with Gasteiger partial charge in [-0.15, -0.1) is 0 Å². The fraction of sp³-hybridized carbons (Fsp3) is 0.417. The second-order valence-corrected chi connectivity index (χ2v) is 4.04. The van der Waals surface area contributed by atoms with E-state index in [0.29, 0.717) is 6.42 Å². The van der Waals surface area contributed by atoms with Crippen molar-refractivity contribution in [2.24, 2.45) is 7.05 Å². The van der Waals surface area contributed by atoms with Gasteiger partial charge in [0.2, 0.25) is 0 Å². The van der Waals surface area contributed by atoms with E-state index in [1.807, 2.05) is 37.7 Å². The zero-order valence-corrected chi connectivity index (χ0v) is 9.77. The summed E-state index contributed by atoms with van der Waals surface area (Å²) in [5.41, 5.74) is 0.848. The van der Waals surface area contributed by atoms with Gasteiger partial charge in [0.1, 0.15) is 17.3 Å². The van der Waals surface area contributed by atoms with Gasteiger partial charge in [-0.25, -0.2) is 4.98 Å². The van der Waals surface area contributed by atoms with E-state index in [1.54, 1.807) is 6.20 Å². The summed E-state index contributed by atoms with van der Waals surface area (Å²) in [7, 11) is 1.92. The summed E-state index contributed by atoms with van der Waals surface area (Å²) in [5, 5.41) is 10.1. The Hall–Kier alpha value is -1.55. The molecule has 0 aliphatic rings. The molecule has 4 nitrogen and oxygen atoms in total. The van der Waals surface area contributed by atoms with E-state index >= 15 is 0 Å². The highest BCUT2D eigenvalue weighted by Crippen LogP contribution is 2.23. The van der Waals surface area contributed by atoms with Crippen molar-refractivity contribution >= 4 is 0 Å². The highest BCUT2D eigenvalue weighted by Gasteiger charge is 2.16. The standard InChI is InChI=1S/C12H16N2O2/c1-8-6-10(9(2)16-8)11(15)7-12-13-4-5-14(12)3/h4-6,11,15H,7H2,1-3H3. The Morgan fingerprint density at radius 1 is 1.50 bits per heavy atom. The van der Waals surface area contributed by atoms with Gasteiger partial charge in [0.15, 0.2) is 0 Å². The zero-order valence-electron chi connectivity index (χ0n) is 9.77. The van der Waals surface area contributed by atoms with Gasteiger partial charge in [-0.05, 0) is 19.9 Å². The molecule has 2 aromatic heterocycles. The number of aliphatic hydroxyl groups excluding tert-OH is 1. The van der Waals surface area contributed by atoms with Crippen molar-refractivity contribution in [3.63, 3.8) is 0 Å². The number of furan rings is 1. The first-order valence-electron chi connectivity index (χ1n) is 5.29. The van der Waals surface area contributed by atoms with Gasteiger partial charge in [0.25, 0.3) is 0 Å². The number of aryl methyl sites for hydroxylation is 3. The Bertz CT molecular complexity index is 485. The third-order valence-electron chi connectivity index (χ3n) is 2.74. The molecule has 0 saturated heterocycles. The Labute approximate surface area is 94.5 Å². The fourth-order valence-electron chi connectivity index (χ4n) is 1.86. The number of aliphatic hydroxyl groups is 1. The SMILES string of the molecule is Cc1cc(C(O)Cc2nccn2C)c(C)o1. The van der Waals surface area contributed by atoms with E-state index < -0.39 is 6.10 Å². The zero-order chi connectivity index (χ0) is 11.7. The molecule has 0 bridgehead atoms. The monoisotopic (exact) mass is 220 g/mol. The summed E-state index contributed by atoms with van der Waals surface area (Å²) in [6, 6.07) is 1.88. The minimum atomic E-state index is -0.557. The van der Waals surface area contributed by atoms with Crippen molar-refractivity contribution in [1.29, 1.82) is 0 Å². The maximum Gasteiger partial charge on any atom is 0.111 e. The van der Waals surface area contributed by atoms with Crippen molar-refractivity contribution in [2.45, 2.75) is 26.4 Å². The van der Waals surface area contributed by atoms with Crippen LogP contribution in [-0.4, -0.2) is 14.7 Å². The number of hydrogen-bond donors (Lipinski definition) is 1. The highest BCUT2D eigenvalue weighted by atomic mass is 16.3. The van der Waals surface area contributed by atoms with E-state index in [4.69, 9.17) is 4.42 Å². The van der Waals surface area contributed by atoms with Gasteiger partial charge >= 0.3 is 0 Å². The lowest BCUT2D eigenvalue weighted by Crippen LogP contribution is -2.06. The first kappa shape index (κ1) is 11.0. The maximum atomic E-state index is 10.1. The smallest absolute Gasteiger partial charge is 0.111 e. The van der Waals surface area contributed by atoms with E-state index in [1.165, 1.54) is 0 Å². The third-order valence-corrected chi connectivity index (χ3v) is 2.74. The van der Waals surface area contributed by atoms with Crippen LogP contribution in [0, 0.1) is 13.8 Å². The van der Waals surface area contributed by atoms with E-state index in [0.717, 1.165) is 22.9 Å². The van der Waals surface area contributed by atoms with Gasteiger partial charge in [-0.1, -0.05) is 0 Å². The predicted molar refractivity (Wildman–Crippen MR) is 60.1 cm³/mol. The van der Waals surface area contributed by atoms with Crippen LogP contribution >= 0.6 is 0 Å². The molecule has 0 aliphatic heterocycles. The lowest BCUT2D eigenvalue weighted by Gasteiger charge is -2.09. The van der Waals surface area contributed by atoms with Gasteiger partial charge in [0, 0.05) is 31.4 Å². The first-order valence-corrected chi connectivity index (χ1v) is 5.29. The minimum absolute atomic E-state index is 0.503. The average Bonchev–Trinajstić information content (AvgIpc) is 2.74. The molecule has 0 spiro atoms. The second-order valence-electron chi connectivity index (χ2n) is 4.04. The molecule has 2 aromatic rings. The van der Waals surface area contributed by atoms with Crippen molar-refractivity contribution < 1.29 is 9.52 Å². The van der Waals surface area contributed by atoms with Crippen molar-refractivity contribution in [3.05, 3.63) is 41.4 Å². The number of imidazole rings is 1. The molecule has 0 aromatic carbocycles. The maximum absolute atomic E-state index is 10.1. The van der Waals surface area contributed by atoms with Crippen LogP contribution in [0.2, 0.25) is 0 Å². The lowest BCUT2D eigenvalue weighted by atomic mass is 10.1. The molecule has 1 N–H and O–H groups in total. The van der Waals surface area contributed by atoms with Gasteiger partial charge in [-0.2, -0.15) is 0 Å². The Morgan fingerprint density at radius 3 is 2.75 bits per heavy atom. The van der Waals surface area contributed by atoms with E-state index in [-0.39, 0.29) is 0 Å². The molecule has 0 fully saturated rings. The van der Waals surface area contributed by atoms with E-state index in [9.17, 15) is 5.11 Å². The molecule has 0 aliphatic carbocycles. The van der Waals surface area contributed by atoms with Crippen LogP contribution in [0.25, 0.3) is 0 Å². The number of hydrogen-bond acceptors (Lipinski definition) is 3. The molecule has 1 atom stereocenters. The van der Waals surface area contributed by atoms with Crippen LogP contribution in [0.4, 0.5) is 0 Å². The van der Waals surface area contributed by atoms with Crippen molar-refractivity contribution in [3.8, 4) is 0 Å². The largest absolute Gasteiger partial charge is 0.466 e. The summed E-state index contributed by atoms with van der Waals surface area (Å²) in [5.74, 6) is 2.47. The van der Waals surface area contributed by atoms with Crippen LogP contribution in [-0.2, 0) is 13.5 Å². The van der Waals surface area contributed by atoms with Gasteiger partial charge < -0.3 is 14.1 Å². The number of nitrogens with zero attached hydrogens (tertiary/aromatic N) is 2. The predicted octanol–water partition coefficient (Wildman–Crippen LogP) is 1.91. The average molecular weight is 220 g/mol. The Morgan fingerprint density at radius 2 is 2.25 bits per heavy atom. The minimum Gasteiger partial charge on any atom is -0.466 e. The molecule has 2 rings (SSSR count). The van der Waals surface area contributed by atoms with Gasteiger partial charge in [0.05, 0.1) is 6.10 Å². The number of aromatic nitrogens is 2. The molecular weight excluding hydrogens is 204 g/mol. The van der Waals surface area contributed by atoms with Crippen LogP contribution in [0.3, 0.4) is 0 Å². The molecular formula is C12H16N2O2. The quantitative estimate of drug-likeness (QED) is 0.859. The Balaban J connectivity index is 2.17. The molecule has 86 valence electrons. The highest BCUT2D eigenvalue weighted by molar-refractivity contribution is 5.23. The van der Waals surface area contributed by atoms with Crippen LogP contribution in [0.1, 0.15) is 29.0 Å². The molecule has 16 heavy (non-hydrogen) atoms. The fourth-order valence-corrected chi connectivity index (χ4v) is 1.86. The normalized spacial score (nSPS) is 13.0. The second kappa shape index (κ2) is 4.14. The summed E-state index contributed by atoms with van der Waals surface area (Å²) in [4.78, 5) is 4.19. The molecule has 0 radical (unpaired) electrons. The first-order chi connectivity index (χ1) is 7.58. The lowest BCUT2D eigenvalue weighted by molar-refractivity contribution is 0.173. The number of rotatable bonds is 3. The topological polar surface area (TPSA) is 51.2 Å². The molecule has 2 heterocycles. The molecule has 0 saturated carbocycles. The van der Waals surface area contributed by atoms with E-state index in [2.05, 4.69) is 4.98 Å². The Kier molecular flexibility index (Phi) is 2.83. The van der Waals surface area contributed by atoms with Crippen molar-refractivity contribution in [1.82, 2.24) is 9.55 Å². The van der Waals surface area contributed by atoms with Crippen molar-refractivity contribution in [2.75, 3.05) is 0 Å². The van der Waals surface area contributed by atoms with Crippen LogP contribution in [0.15, 0.2) is 22.9 Å².